The van der Waals surface area contributed by atoms with E-state index in [-0.39, 0.29) is 11.1 Å². The zero-order valence-electron chi connectivity index (χ0n) is 12.3. The number of hydrogen-bond donors (Lipinski definition) is 1. The Morgan fingerprint density at radius 1 is 1.23 bits per heavy atom. The van der Waals surface area contributed by atoms with Gasteiger partial charge in [0.25, 0.3) is 0 Å². The van der Waals surface area contributed by atoms with Gasteiger partial charge in [0.1, 0.15) is 11.6 Å². The zero-order chi connectivity index (χ0) is 15.7. The van der Waals surface area contributed by atoms with E-state index in [4.69, 9.17) is 11.6 Å². The summed E-state index contributed by atoms with van der Waals surface area (Å²) in [7, 11) is 1.83. The number of rotatable bonds is 4. The summed E-state index contributed by atoms with van der Waals surface area (Å²) in [5.41, 5.74) is 2.56. The lowest BCUT2D eigenvalue weighted by atomic mass is 10.2. The maximum absolute atomic E-state index is 12.9. The molecular weight excluding hydrogens is 305 g/mol. The van der Waals surface area contributed by atoms with E-state index in [1.54, 1.807) is 16.8 Å². The second-order valence-corrected chi connectivity index (χ2v) is 5.28. The van der Waals surface area contributed by atoms with Gasteiger partial charge >= 0.3 is 0 Å². The summed E-state index contributed by atoms with van der Waals surface area (Å²) < 4.78 is 14.6. The molecule has 0 aliphatic carbocycles. The van der Waals surface area contributed by atoms with E-state index in [2.05, 4.69) is 20.4 Å². The van der Waals surface area contributed by atoms with Gasteiger partial charge in [0, 0.05) is 13.6 Å². The van der Waals surface area contributed by atoms with Crippen LogP contribution in [0.4, 0.5) is 10.2 Å². The highest BCUT2D eigenvalue weighted by Gasteiger charge is 2.15. The Morgan fingerprint density at radius 2 is 1.95 bits per heavy atom. The highest BCUT2D eigenvalue weighted by Crippen LogP contribution is 2.26. The van der Waals surface area contributed by atoms with Gasteiger partial charge in [-0.2, -0.15) is 15.1 Å². The average Bonchev–Trinajstić information content (AvgIpc) is 2.83. The van der Waals surface area contributed by atoms with Gasteiger partial charge in [-0.05, 0) is 35.7 Å². The Hall–Kier alpha value is -2.21. The monoisotopic (exact) mass is 319 g/mol. The highest BCUT2D eigenvalue weighted by atomic mass is 35.5. The van der Waals surface area contributed by atoms with Crippen LogP contribution in [-0.2, 0) is 20.0 Å². The van der Waals surface area contributed by atoms with Crippen molar-refractivity contribution >= 4 is 28.5 Å². The van der Waals surface area contributed by atoms with E-state index in [0.29, 0.717) is 18.0 Å². The fraction of sp³-hybridized carbons (Fsp3) is 0.267. The second kappa shape index (κ2) is 5.88. The van der Waals surface area contributed by atoms with Crippen molar-refractivity contribution in [2.24, 2.45) is 7.05 Å². The van der Waals surface area contributed by atoms with Gasteiger partial charge in [0.05, 0.1) is 11.1 Å². The van der Waals surface area contributed by atoms with Crippen LogP contribution in [0, 0.1) is 5.82 Å². The number of nitrogens with zero attached hydrogens (tertiary/aromatic N) is 4. The van der Waals surface area contributed by atoms with Crippen molar-refractivity contribution < 1.29 is 4.39 Å². The summed E-state index contributed by atoms with van der Waals surface area (Å²) in [5.74, 6) is 0.390. The predicted molar refractivity (Wildman–Crippen MR) is 84.4 cm³/mol. The van der Waals surface area contributed by atoms with Crippen molar-refractivity contribution in [3.63, 3.8) is 0 Å². The number of fused-ring (bicyclic) bond motifs is 1. The van der Waals surface area contributed by atoms with Gasteiger partial charge in [-0.15, -0.1) is 0 Å². The summed E-state index contributed by atoms with van der Waals surface area (Å²) in [6.07, 6.45) is 0.771. The lowest BCUT2D eigenvalue weighted by molar-refractivity contribution is 0.627. The first-order valence-corrected chi connectivity index (χ1v) is 7.33. The number of hydrogen-bond acceptors (Lipinski definition) is 4. The topological polar surface area (TPSA) is 55.6 Å². The quantitative estimate of drug-likeness (QED) is 0.749. The van der Waals surface area contributed by atoms with E-state index >= 15 is 0 Å². The number of nitrogens with one attached hydrogen (secondary N) is 1. The molecule has 0 fully saturated rings. The van der Waals surface area contributed by atoms with Crippen molar-refractivity contribution in [2.75, 3.05) is 5.32 Å². The molecule has 2 aromatic heterocycles. The Morgan fingerprint density at radius 3 is 2.64 bits per heavy atom. The lowest BCUT2D eigenvalue weighted by Gasteiger charge is -2.08. The van der Waals surface area contributed by atoms with Crippen molar-refractivity contribution in [3.05, 3.63) is 46.6 Å². The Balaban J connectivity index is 1.97. The normalized spacial score (nSPS) is 11.1. The molecular formula is C15H15ClFN5. The molecule has 3 aromatic rings. The van der Waals surface area contributed by atoms with Gasteiger partial charge in [0.15, 0.2) is 5.65 Å². The molecule has 0 amide bonds. The van der Waals surface area contributed by atoms with Crippen LogP contribution < -0.4 is 5.32 Å². The molecule has 0 atom stereocenters. The SMILES string of the molecule is CCc1nn(C)c2nc(Cl)nc(NCc3ccc(F)cc3)c12. The first-order valence-electron chi connectivity index (χ1n) is 6.96. The molecule has 0 aliphatic heterocycles. The first kappa shape index (κ1) is 14.7. The average molecular weight is 320 g/mol. The summed E-state index contributed by atoms with van der Waals surface area (Å²) >= 11 is 6.00. The molecule has 1 N–H and O–H groups in total. The molecule has 7 heteroatoms. The smallest absolute Gasteiger partial charge is 0.226 e. The standard InChI is InChI=1S/C15H15ClFN5/c1-3-11-12-13(18-8-9-4-6-10(17)7-5-9)19-15(16)20-14(12)22(2)21-11/h4-7H,3,8H2,1-2H3,(H,18,19,20). The maximum Gasteiger partial charge on any atom is 0.226 e. The van der Waals surface area contributed by atoms with E-state index in [1.807, 2.05) is 14.0 Å². The Kier molecular flexibility index (Phi) is 3.94. The number of anilines is 1. The summed E-state index contributed by atoms with van der Waals surface area (Å²) in [4.78, 5) is 8.51. The van der Waals surface area contributed by atoms with Gasteiger partial charge in [-0.25, -0.2) is 9.07 Å². The highest BCUT2D eigenvalue weighted by molar-refractivity contribution is 6.28. The third-order valence-corrected chi connectivity index (χ3v) is 3.61. The molecule has 2 heterocycles. The third kappa shape index (κ3) is 2.74. The summed E-state index contributed by atoms with van der Waals surface area (Å²) in [6, 6.07) is 6.32. The molecule has 0 spiro atoms. The Labute approximate surface area is 132 Å². The fourth-order valence-corrected chi connectivity index (χ4v) is 2.53. The summed E-state index contributed by atoms with van der Waals surface area (Å²) in [6.45, 7) is 2.54. The van der Waals surface area contributed by atoms with Crippen molar-refractivity contribution in [3.8, 4) is 0 Å². The van der Waals surface area contributed by atoms with Crippen LogP contribution in [0.15, 0.2) is 24.3 Å². The van der Waals surface area contributed by atoms with Crippen LogP contribution in [0.5, 0.6) is 0 Å². The van der Waals surface area contributed by atoms with Crippen LogP contribution in [0.1, 0.15) is 18.2 Å². The number of benzene rings is 1. The molecule has 3 rings (SSSR count). The molecule has 0 unspecified atom stereocenters. The van der Waals surface area contributed by atoms with Gasteiger partial charge in [-0.1, -0.05) is 19.1 Å². The Bertz CT molecular complexity index is 813. The minimum absolute atomic E-state index is 0.166. The molecule has 0 bridgehead atoms. The van der Waals surface area contributed by atoms with Crippen LogP contribution in [0.3, 0.4) is 0 Å². The van der Waals surface area contributed by atoms with Crippen molar-refractivity contribution in [1.82, 2.24) is 19.7 Å². The second-order valence-electron chi connectivity index (χ2n) is 4.94. The zero-order valence-corrected chi connectivity index (χ0v) is 13.0. The molecule has 0 aliphatic rings. The number of halogens is 2. The van der Waals surface area contributed by atoms with Crippen LogP contribution in [0.25, 0.3) is 11.0 Å². The number of aromatic nitrogens is 4. The van der Waals surface area contributed by atoms with Crippen LogP contribution in [-0.4, -0.2) is 19.7 Å². The van der Waals surface area contributed by atoms with Crippen molar-refractivity contribution in [1.29, 1.82) is 0 Å². The minimum Gasteiger partial charge on any atom is -0.365 e. The largest absolute Gasteiger partial charge is 0.365 e. The molecule has 0 saturated heterocycles. The van der Waals surface area contributed by atoms with Crippen LogP contribution >= 0.6 is 11.6 Å². The van der Waals surface area contributed by atoms with E-state index in [9.17, 15) is 4.39 Å². The lowest BCUT2D eigenvalue weighted by Crippen LogP contribution is -2.04. The molecule has 1 aromatic carbocycles. The predicted octanol–water partition coefficient (Wildman–Crippen LogP) is 3.33. The third-order valence-electron chi connectivity index (χ3n) is 3.44. The van der Waals surface area contributed by atoms with Gasteiger partial charge in [0.2, 0.25) is 5.28 Å². The minimum atomic E-state index is -0.253. The molecule has 114 valence electrons. The van der Waals surface area contributed by atoms with E-state index in [0.717, 1.165) is 23.1 Å². The molecule has 0 radical (unpaired) electrons. The molecule has 5 nitrogen and oxygen atoms in total. The van der Waals surface area contributed by atoms with E-state index in [1.165, 1.54) is 12.1 Å². The number of aryl methyl sites for hydroxylation is 2. The van der Waals surface area contributed by atoms with Crippen LogP contribution in [0.2, 0.25) is 5.28 Å². The van der Waals surface area contributed by atoms with Gasteiger partial charge in [-0.3, -0.25) is 0 Å². The molecule has 0 saturated carbocycles. The fourth-order valence-electron chi connectivity index (χ4n) is 2.36. The maximum atomic E-state index is 12.9. The van der Waals surface area contributed by atoms with Crippen molar-refractivity contribution in [2.45, 2.75) is 19.9 Å². The molecule has 22 heavy (non-hydrogen) atoms. The van der Waals surface area contributed by atoms with Gasteiger partial charge < -0.3 is 5.32 Å². The summed E-state index contributed by atoms with van der Waals surface area (Å²) in [5, 5.41) is 8.72. The van der Waals surface area contributed by atoms with E-state index < -0.39 is 0 Å². The first-order chi connectivity index (χ1) is 10.6.